The van der Waals surface area contributed by atoms with Gasteiger partial charge in [-0.1, -0.05) is 6.07 Å². The molecule has 0 bridgehead atoms. The molecule has 1 aromatic rings. The van der Waals surface area contributed by atoms with Gasteiger partial charge in [-0.25, -0.2) is 9.79 Å². The molecule has 0 aromatic heterocycles. The van der Waals surface area contributed by atoms with Crippen LogP contribution in [0.4, 0.5) is 5.69 Å². The van der Waals surface area contributed by atoms with Gasteiger partial charge >= 0.3 is 0 Å². The number of hydrogen-bond donors (Lipinski definition) is 0. The van der Waals surface area contributed by atoms with Crippen LogP contribution in [0.5, 0.6) is 5.75 Å². The number of likely N-dealkylation sites (N-methyl/N-ethyl adjacent to an activating group) is 1. The third kappa shape index (κ3) is 1.68. The molecule has 1 aromatic carbocycles. The lowest BCUT2D eigenvalue weighted by atomic mass is 10.1. The Bertz CT molecular complexity index is 451. The second-order valence-electron chi connectivity index (χ2n) is 3.83. The highest BCUT2D eigenvalue weighted by molar-refractivity contribution is 5.65. The molecule has 0 saturated carbocycles. The third-order valence-electron chi connectivity index (χ3n) is 2.94. The van der Waals surface area contributed by atoms with Crippen LogP contribution in [0, 0.1) is 0 Å². The van der Waals surface area contributed by atoms with Crippen LogP contribution in [0.2, 0.25) is 0 Å². The van der Waals surface area contributed by atoms with Crippen LogP contribution in [0.1, 0.15) is 11.1 Å². The van der Waals surface area contributed by atoms with Crippen LogP contribution >= 0.6 is 0 Å². The molecule has 84 valence electrons. The van der Waals surface area contributed by atoms with E-state index in [0.717, 1.165) is 24.3 Å². The van der Waals surface area contributed by atoms with Crippen molar-refractivity contribution >= 4 is 11.8 Å². The zero-order valence-corrected chi connectivity index (χ0v) is 9.49. The maximum atomic E-state index is 10.1. The second-order valence-corrected chi connectivity index (χ2v) is 3.83. The Morgan fingerprint density at radius 2 is 2.38 bits per heavy atom. The number of anilines is 1. The average Bonchev–Trinajstić information content (AvgIpc) is 2.68. The lowest BCUT2D eigenvalue weighted by Gasteiger charge is -2.14. The first kappa shape index (κ1) is 10.7. The predicted octanol–water partition coefficient (Wildman–Crippen LogP) is 1.52. The molecule has 0 atom stereocenters. The minimum Gasteiger partial charge on any atom is -0.496 e. The highest BCUT2D eigenvalue weighted by atomic mass is 16.5. The van der Waals surface area contributed by atoms with Crippen LogP contribution in [-0.2, 0) is 17.8 Å². The number of hydrogen-bond acceptors (Lipinski definition) is 4. The molecule has 0 fully saturated rings. The summed E-state index contributed by atoms with van der Waals surface area (Å²) in [6.45, 7) is 1.34. The fraction of sp³-hybridized carbons (Fsp3) is 0.417. The van der Waals surface area contributed by atoms with Gasteiger partial charge in [-0.05, 0) is 12.5 Å². The number of ether oxygens (including phenoxy) is 1. The van der Waals surface area contributed by atoms with Gasteiger partial charge in [0, 0.05) is 30.4 Å². The number of carbonyl (C=O) groups excluding carboxylic acids is 1. The largest absolute Gasteiger partial charge is 0.496 e. The van der Waals surface area contributed by atoms with Crippen molar-refractivity contribution in [1.82, 2.24) is 0 Å². The van der Waals surface area contributed by atoms with Gasteiger partial charge in [0.1, 0.15) is 5.75 Å². The third-order valence-corrected chi connectivity index (χ3v) is 2.94. The first-order chi connectivity index (χ1) is 7.77. The Labute approximate surface area is 94.5 Å². The second kappa shape index (κ2) is 4.37. The number of nitrogens with zero attached hydrogens (tertiary/aromatic N) is 2. The van der Waals surface area contributed by atoms with E-state index < -0.39 is 0 Å². The summed E-state index contributed by atoms with van der Waals surface area (Å²) in [6, 6.07) is 4.01. The summed E-state index contributed by atoms with van der Waals surface area (Å²) in [6.07, 6.45) is 2.53. The zero-order chi connectivity index (χ0) is 11.5. The average molecular weight is 218 g/mol. The number of methoxy groups -OCH3 is 1. The van der Waals surface area contributed by atoms with E-state index in [2.05, 4.69) is 23.0 Å². The molecule has 1 aliphatic rings. The molecule has 4 nitrogen and oxygen atoms in total. The van der Waals surface area contributed by atoms with E-state index in [4.69, 9.17) is 4.74 Å². The number of rotatable bonds is 3. The van der Waals surface area contributed by atoms with Crippen molar-refractivity contribution in [2.75, 3.05) is 25.6 Å². The van der Waals surface area contributed by atoms with E-state index in [1.165, 1.54) is 11.3 Å². The van der Waals surface area contributed by atoms with Crippen molar-refractivity contribution in [3.63, 3.8) is 0 Å². The first-order valence-corrected chi connectivity index (χ1v) is 5.21. The maximum absolute atomic E-state index is 10.1. The van der Waals surface area contributed by atoms with E-state index >= 15 is 0 Å². The van der Waals surface area contributed by atoms with Crippen molar-refractivity contribution < 1.29 is 9.53 Å². The number of benzene rings is 1. The Hall–Kier alpha value is -1.80. The van der Waals surface area contributed by atoms with Crippen molar-refractivity contribution in [2.45, 2.75) is 13.0 Å². The lowest BCUT2D eigenvalue weighted by Crippen LogP contribution is -2.12. The lowest BCUT2D eigenvalue weighted by molar-refractivity contribution is 0.406. The van der Waals surface area contributed by atoms with Gasteiger partial charge in [0.25, 0.3) is 0 Å². The molecule has 0 spiro atoms. The van der Waals surface area contributed by atoms with Crippen molar-refractivity contribution in [2.24, 2.45) is 4.99 Å². The maximum Gasteiger partial charge on any atom is 0.235 e. The Kier molecular flexibility index (Phi) is 2.93. The zero-order valence-electron chi connectivity index (χ0n) is 9.49. The molecule has 0 unspecified atom stereocenters. The monoisotopic (exact) mass is 218 g/mol. The SMILES string of the molecule is COc1c(CN=C=O)ccc2c1CCN2C. The molecule has 4 heteroatoms. The molecule has 16 heavy (non-hydrogen) atoms. The van der Waals surface area contributed by atoms with Crippen molar-refractivity contribution in [3.05, 3.63) is 23.3 Å². The number of fused-ring (bicyclic) bond motifs is 1. The fourth-order valence-corrected chi connectivity index (χ4v) is 2.16. The van der Waals surface area contributed by atoms with E-state index in [0.29, 0.717) is 6.54 Å². The van der Waals surface area contributed by atoms with Gasteiger partial charge in [0.15, 0.2) is 0 Å². The summed E-state index contributed by atoms with van der Waals surface area (Å²) in [7, 11) is 3.72. The fourth-order valence-electron chi connectivity index (χ4n) is 2.16. The molecular weight excluding hydrogens is 204 g/mol. The van der Waals surface area contributed by atoms with Crippen molar-refractivity contribution in [3.8, 4) is 5.75 Å². The minimum absolute atomic E-state index is 0.337. The van der Waals surface area contributed by atoms with Gasteiger partial charge in [0.05, 0.1) is 13.7 Å². The topological polar surface area (TPSA) is 41.9 Å². The van der Waals surface area contributed by atoms with Gasteiger partial charge in [-0.15, -0.1) is 0 Å². The molecule has 0 saturated heterocycles. The predicted molar refractivity (Wildman–Crippen MR) is 61.8 cm³/mol. The molecular formula is C12H14N2O2. The minimum atomic E-state index is 0.337. The quantitative estimate of drug-likeness (QED) is 0.570. The van der Waals surface area contributed by atoms with E-state index in [9.17, 15) is 4.79 Å². The molecule has 0 radical (unpaired) electrons. The summed E-state index contributed by atoms with van der Waals surface area (Å²) in [5, 5.41) is 0. The summed E-state index contributed by atoms with van der Waals surface area (Å²) >= 11 is 0. The van der Waals surface area contributed by atoms with Crippen molar-refractivity contribution in [1.29, 1.82) is 0 Å². The Morgan fingerprint density at radius 1 is 1.56 bits per heavy atom. The molecule has 0 N–H and O–H groups in total. The Balaban J connectivity index is 2.45. The molecule has 1 aliphatic heterocycles. The van der Waals surface area contributed by atoms with E-state index in [1.54, 1.807) is 13.2 Å². The summed E-state index contributed by atoms with van der Waals surface area (Å²) in [5.74, 6) is 0.862. The summed E-state index contributed by atoms with van der Waals surface area (Å²) in [5.41, 5.74) is 3.36. The number of aliphatic imine (C=N–C) groups is 1. The van der Waals surface area contributed by atoms with Gasteiger partial charge in [-0.2, -0.15) is 0 Å². The summed E-state index contributed by atoms with van der Waals surface area (Å²) < 4.78 is 5.42. The normalized spacial score (nSPS) is 13.2. The van der Waals surface area contributed by atoms with Crippen LogP contribution in [0.25, 0.3) is 0 Å². The highest BCUT2D eigenvalue weighted by Gasteiger charge is 2.21. The molecule has 2 rings (SSSR count). The van der Waals surface area contributed by atoms with Gasteiger partial charge < -0.3 is 9.64 Å². The van der Waals surface area contributed by atoms with Crippen LogP contribution in [-0.4, -0.2) is 26.8 Å². The first-order valence-electron chi connectivity index (χ1n) is 5.21. The standard InChI is InChI=1S/C12H14N2O2/c1-14-6-5-10-11(14)4-3-9(7-13-8-15)12(10)16-2/h3-4H,5-7H2,1-2H3. The van der Waals surface area contributed by atoms with E-state index in [1.807, 2.05) is 6.07 Å². The number of isocyanates is 1. The molecule has 0 aliphatic carbocycles. The van der Waals surface area contributed by atoms with Crippen LogP contribution in [0.15, 0.2) is 17.1 Å². The molecule has 0 amide bonds. The Morgan fingerprint density at radius 3 is 3.06 bits per heavy atom. The van der Waals surface area contributed by atoms with Crippen LogP contribution in [0.3, 0.4) is 0 Å². The highest BCUT2D eigenvalue weighted by Crippen LogP contribution is 2.37. The van der Waals surface area contributed by atoms with Gasteiger partial charge in [-0.3, -0.25) is 0 Å². The van der Waals surface area contributed by atoms with Crippen LogP contribution < -0.4 is 9.64 Å². The summed E-state index contributed by atoms with van der Waals surface area (Å²) in [4.78, 5) is 15.9. The van der Waals surface area contributed by atoms with Gasteiger partial charge in [0.2, 0.25) is 6.08 Å². The smallest absolute Gasteiger partial charge is 0.235 e. The molecule has 1 heterocycles. The van der Waals surface area contributed by atoms with E-state index in [-0.39, 0.29) is 0 Å².